The smallest absolute Gasteiger partial charge is 0.319 e. The first kappa shape index (κ1) is 28.4. The van der Waals surface area contributed by atoms with Crippen LogP contribution < -0.4 is 15.0 Å². The van der Waals surface area contributed by atoms with Crippen LogP contribution in [0, 0.1) is 30.9 Å². The van der Waals surface area contributed by atoms with E-state index in [1.54, 1.807) is 13.0 Å². The minimum absolute atomic E-state index is 0.0266. The van der Waals surface area contributed by atoms with E-state index in [-0.39, 0.29) is 22.5 Å². The van der Waals surface area contributed by atoms with Gasteiger partial charge >= 0.3 is 6.01 Å². The number of benzene rings is 2. The van der Waals surface area contributed by atoms with Gasteiger partial charge in [0.25, 0.3) is 0 Å². The number of nitrogens with one attached hydrogen (secondary N) is 2. The average Bonchev–Trinajstić information content (AvgIpc) is 3.57. The maximum atomic E-state index is 16.9. The molecule has 2 bridgehead atoms. The molecule has 4 aliphatic rings. The molecule has 12 heteroatoms. The van der Waals surface area contributed by atoms with E-state index in [0.717, 1.165) is 58.5 Å². The zero-order valence-corrected chi connectivity index (χ0v) is 25.7. The number of anilines is 1. The van der Waals surface area contributed by atoms with E-state index < -0.39 is 11.6 Å². The molecule has 3 aliphatic heterocycles. The zero-order valence-electron chi connectivity index (χ0n) is 25.0. The van der Waals surface area contributed by atoms with Gasteiger partial charge in [-0.2, -0.15) is 15.1 Å². The number of morpholine rings is 1. The molecule has 44 heavy (non-hydrogen) atoms. The molecule has 8 rings (SSSR count). The number of aryl methyl sites for hydroxylation is 1. The van der Waals surface area contributed by atoms with E-state index in [0.29, 0.717) is 75.7 Å². The highest BCUT2D eigenvalue weighted by Gasteiger charge is 2.45. The van der Waals surface area contributed by atoms with Crippen molar-refractivity contribution in [2.75, 3.05) is 57.4 Å². The molecule has 5 heterocycles. The third-order valence-electron chi connectivity index (χ3n) is 9.97. The first-order valence-electron chi connectivity index (χ1n) is 15.6. The molecule has 4 fully saturated rings. The van der Waals surface area contributed by atoms with Gasteiger partial charge in [0.15, 0.2) is 5.82 Å². The summed E-state index contributed by atoms with van der Waals surface area (Å²) in [7, 11) is 0. The van der Waals surface area contributed by atoms with Crippen molar-refractivity contribution >= 4 is 39.2 Å². The highest BCUT2D eigenvalue weighted by atomic mass is 35.5. The van der Waals surface area contributed by atoms with Gasteiger partial charge in [-0.3, -0.25) is 10.00 Å². The third-order valence-corrected chi connectivity index (χ3v) is 10.4. The van der Waals surface area contributed by atoms with E-state index >= 15 is 8.78 Å². The SMILES string of the molecule is Cc1c(Cl)cc2[nH]nc(C)c2c1-c1c(F)cc2c(N3CC4CCC(C3)N4)nc(OCC3(CN4CCOCC4)CC3)nc2c1F. The molecule has 2 aromatic heterocycles. The molecule has 3 saturated heterocycles. The number of aromatic nitrogens is 4. The molecular formula is C32H36ClF2N7O2. The molecule has 0 amide bonds. The fourth-order valence-electron chi connectivity index (χ4n) is 7.37. The first-order valence-corrected chi connectivity index (χ1v) is 15.9. The van der Waals surface area contributed by atoms with Gasteiger partial charge < -0.3 is 19.7 Å². The standard InChI is InChI=1S/C32H36ClF2N7O2/c1-17-22(33)12-24-26(18(2)39-40-24)25(17)27-23(34)11-21-29(28(27)35)37-31(38-30(21)42-13-19-3-4-20(14-42)36-19)44-16-32(5-6-32)15-41-7-9-43-10-8-41/h11-12,19-20,36H,3-10,13-16H2,1-2H3,(H,39,40). The van der Waals surface area contributed by atoms with E-state index in [4.69, 9.17) is 26.1 Å². The van der Waals surface area contributed by atoms with Gasteiger partial charge in [0.1, 0.15) is 17.2 Å². The summed E-state index contributed by atoms with van der Waals surface area (Å²) < 4.78 is 45.0. The molecule has 9 nitrogen and oxygen atoms in total. The van der Waals surface area contributed by atoms with E-state index in [9.17, 15) is 0 Å². The molecule has 2 N–H and O–H groups in total. The Morgan fingerprint density at radius 3 is 2.55 bits per heavy atom. The highest BCUT2D eigenvalue weighted by Crippen LogP contribution is 2.47. The van der Waals surface area contributed by atoms with Crippen molar-refractivity contribution in [2.45, 2.75) is 51.6 Å². The van der Waals surface area contributed by atoms with Crippen LogP contribution in [0.5, 0.6) is 6.01 Å². The van der Waals surface area contributed by atoms with Gasteiger partial charge in [0, 0.05) is 71.6 Å². The van der Waals surface area contributed by atoms with Crippen molar-refractivity contribution in [3.63, 3.8) is 0 Å². The quantitative estimate of drug-likeness (QED) is 0.292. The van der Waals surface area contributed by atoms with Crippen LogP contribution in [0.4, 0.5) is 14.6 Å². The first-order chi connectivity index (χ1) is 21.3. The van der Waals surface area contributed by atoms with Crippen molar-refractivity contribution in [1.29, 1.82) is 0 Å². The molecule has 1 saturated carbocycles. The van der Waals surface area contributed by atoms with E-state index in [2.05, 4.69) is 30.3 Å². The van der Waals surface area contributed by atoms with Gasteiger partial charge in [0.05, 0.1) is 36.6 Å². The van der Waals surface area contributed by atoms with Crippen molar-refractivity contribution in [3.8, 4) is 17.1 Å². The van der Waals surface area contributed by atoms with Crippen LogP contribution in [0.1, 0.15) is 36.9 Å². The Hall–Kier alpha value is -3.12. The second-order valence-corrected chi connectivity index (χ2v) is 13.5. The monoisotopic (exact) mass is 623 g/mol. The maximum absolute atomic E-state index is 16.9. The van der Waals surface area contributed by atoms with E-state index in [1.807, 2.05) is 6.92 Å². The second kappa shape index (κ2) is 10.8. The third kappa shape index (κ3) is 4.88. The summed E-state index contributed by atoms with van der Waals surface area (Å²) in [4.78, 5) is 14.0. The Balaban J connectivity index is 1.23. The fraction of sp³-hybridized carbons (Fsp3) is 0.531. The number of ether oxygens (including phenoxy) is 2. The number of rotatable bonds is 7. The lowest BCUT2D eigenvalue weighted by atomic mass is 9.93. The van der Waals surface area contributed by atoms with Crippen molar-refractivity contribution < 1.29 is 18.3 Å². The molecular weight excluding hydrogens is 588 g/mol. The summed E-state index contributed by atoms with van der Waals surface area (Å²) >= 11 is 6.56. The Bertz CT molecular complexity index is 1760. The van der Waals surface area contributed by atoms with Gasteiger partial charge in [-0.15, -0.1) is 0 Å². The van der Waals surface area contributed by atoms with Crippen molar-refractivity contribution in [3.05, 3.63) is 40.0 Å². The summed E-state index contributed by atoms with van der Waals surface area (Å²) in [6.45, 7) is 9.67. The van der Waals surface area contributed by atoms with Gasteiger partial charge in [-0.05, 0) is 57.2 Å². The number of piperazine rings is 1. The minimum atomic E-state index is -0.756. The Morgan fingerprint density at radius 1 is 1.07 bits per heavy atom. The van der Waals surface area contributed by atoms with Crippen LogP contribution in [-0.4, -0.2) is 89.7 Å². The summed E-state index contributed by atoms with van der Waals surface area (Å²) in [5.74, 6) is -0.937. The topological polar surface area (TPSA) is 91.4 Å². The van der Waals surface area contributed by atoms with Crippen LogP contribution >= 0.6 is 11.6 Å². The number of hydrogen-bond acceptors (Lipinski definition) is 8. The van der Waals surface area contributed by atoms with Crippen LogP contribution in [0.3, 0.4) is 0 Å². The highest BCUT2D eigenvalue weighted by molar-refractivity contribution is 6.33. The Labute approximate surface area is 259 Å². The normalized spacial score (nSPS) is 23.2. The Kier molecular flexibility index (Phi) is 6.93. The maximum Gasteiger partial charge on any atom is 0.319 e. The summed E-state index contributed by atoms with van der Waals surface area (Å²) in [5.41, 5.74) is 2.09. The number of fused-ring (bicyclic) bond motifs is 4. The van der Waals surface area contributed by atoms with Crippen molar-refractivity contribution in [1.82, 2.24) is 30.4 Å². The predicted molar refractivity (Wildman–Crippen MR) is 166 cm³/mol. The van der Waals surface area contributed by atoms with Gasteiger partial charge in [0.2, 0.25) is 0 Å². The van der Waals surface area contributed by atoms with Crippen LogP contribution in [-0.2, 0) is 4.74 Å². The molecule has 0 spiro atoms. The summed E-state index contributed by atoms with van der Waals surface area (Å²) in [6.07, 6.45) is 4.25. The molecule has 0 radical (unpaired) electrons. The lowest BCUT2D eigenvalue weighted by Gasteiger charge is -2.34. The minimum Gasteiger partial charge on any atom is -0.463 e. The molecule has 2 aromatic carbocycles. The molecule has 2 unspecified atom stereocenters. The number of hydrogen-bond donors (Lipinski definition) is 2. The van der Waals surface area contributed by atoms with Crippen LogP contribution in [0.2, 0.25) is 5.02 Å². The lowest BCUT2D eigenvalue weighted by molar-refractivity contribution is 0.0231. The van der Waals surface area contributed by atoms with Gasteiger partial charge in [-0.1, -0.05) is 11.6 Å². The Morgan fingerprint density at radius 2 is 1.82 bits per heavy atom. The molecule has 4 aromatic rings. The zero-order chi connectivity index (χ0) is 30.2. The second-order valence-electron chi connectivity index (χ2n) is 13.1. The number of nitrogens with zero attached hydrogens (tertiary/aromatic N) is 5. The van der Waals surface area contributed by atoms with Crippen LogP contribution in [0.15, 0.2) is 12.1 Å². The molecule has 232 valence electrons. The molecule has 2 atom stereocenters. The van der Waals surface area contributed by atoms with Gasteiger partial charge in [-0.25, -0.2) is 8.78 Å². The number of halogens is 3. The summed E-state index contributed by atoms with van der Waals surface area (Å²) in [5, 5.41) is 12.2. The number of H-pyrrole nitrogens is 1. The number of aromatic amines is 1. The fourth-order valence-corrected chi connectivity index (χ4v) is 7.57. The van der Waals surface area contributed by atoms with E-state index in [1.165, 1.54) is 6.07 Å². The largest absolute Gasteiger partial charge is 0.463 e. The summed E-state index contributed by atoms with van der Waals surface area (Å²) in [6, 6.07) is 3.86. The predicted octanol–water partition coefficient (Wildman–Crippen LogP) is 5.15. The lowest BCUT2D eigenvalue weighted by Crippen LogP contribution is -2.51. The molecule has 1 aliphatic carbocycles. The average molecular weight is 624 g/mol. The van der Waals surface area contributed by atoms with Crippen molar-refractivity contribution in [2.24, 2.45) is 5.41 Å². The van der Waals surface area contributed by atoms with Crippen LogP contribution in [0.25, 0.3) is 32.9 Å².